The number of halogens is 2. The van der Waals surface area contributed by atoms with Crippen LogP contribution in [0.25, 0.3) is 22.3 Å². The van der Waals surface area contributed by atoms with Crippen molar-refractivity contribution in [2.24, 2.45) is 0 Å². The summed E-state index contributed by atoms with van der Waals surface area (Å²) < 4.78 is 15.0. The van der Waals surface area contributed by atoms with Crippen molar-refractivity contribution in [3.8, 4) is 28.0 Å². The van der Waals surface area contributed by atoms with E-state index in [1.165, 1.54) is 22.6 Å². The average Bonchev–Trinajstić information content (AvgIpc) is 3.00. The van der Waals surface area contributed by atoms with Crippen LogP contribution in [0.3, 0.4) is 0 Å². The molecule has 0 bridgehead atoms. The highest BCUT2D eigenvalue weighted by atomic mass is 35.5. The number of carbonyl (C=O) groups excluding carboxylic acids is 1. The standard InChI is InChI=1S/C33H33ClFN5O2/c1-37(2)12-15-40(23-41)31-9-8-25(18-30(31)34)28-20-27(35)21-29(33(28)42)26-10-11-36-32(19-26)39-16-13-38(14-17-39)22-24-6-4-3-5-7-24/h3-12,15,18-21,23,42H,13-14,16-17,22H2,1-2H3/b15-12-. The molecule has 1 fully saturated rings. The van der Waals surface area contributed by atoms with Crippen molar-refractivity contribution in [3.05, 3.63) is 108 Å². The number of anilines is 2. The Morgan fingerprint density at radius 2 is 1.62 bits per heavy atom. The number of phenolic OH excluding ortho intramolecular Hbond substituents is 1. The summed E-state index contributed by atoms with van der Waals surface area (Å²) >= 11 is 6.54. The lowest BCUT2D eigenvalue weighted by atomic mass is 9.97. The molecule has 1 aliphatic rings. The van der Waals surface area contributed by atoms with Crippen LogP contribution in [0, 0.1) is 5.82 Å². The second kappa shape index (κ2) is 13.1. The van der Waals surface area contributed by atoms with Gasteiger partial charge in [0, 0.05) is 76.5 Å². The number of amides is 1. The Hall–Kier alpha value is -4.40. The van der Waals surface area contributed by atoms with Crippen molar-refractivity contribution in [2.45, 2.75) is 6.54 Å². The number of benzene rings is 3. The molecule has 0 aliphatic carbocycles. The largest absolute Gasteiger partial charge is 0.507 e. The maximum absolute atomic E-state index is 15.0. The lowest BCUT2D eigenvalue weighted by molar-refractivity contribution is -0.106. The Morgan fingerprint density at radius 1 is 0.929 bits per heavy atom. The molecule has 0 atom stereocenters. The van der Waals surface area contributed by atoms with Crippen LogP contribution in [0.5, 0.6) is 5.75 Å². The fraction of sp³-hybridized carbons (Fsp3) is 0.212. The maximum Gasteiger partial charge on any atom is 0.218 e. The molecule has 216 valence electrons. The van der Waals surface area contributed by atoms with Gasteiger partial charge in [0.05, 0.1) is 10.7 Å². The molecule has 9 heteroatoms. The average molecular weight is 586 g/mol. The number of nitrogens with zero attached hydrogens (tertiary/aromatic N) is 5. The van der Waals surface area contributed by atoms with Gasteiger partial charge in [-0.05, 0) is 53.1 Å². The Balaban J connectivity index is 1.37. The van der Waals surface area contributed by atoms with Gasteiger partial charge in [0.25, 0.3) is 0 Å². The van der Waals surface area contributed by atoms with Gasteiger partial charge >= 0.3 is 0 Å². The van der Waals surface area contributed by atoms with E-state index in [9.17, 15) is 14.3 Å². The number of carbonyl (C=O) groups is 1. The zero-order valence-electron chi connectivity index (χ0n) is 23.6. The Bertz CT molecular complexity index is 1570. The van der Waals surface area contributed by atoms with Crippen LogP contribution in [-0.4, -0.2) is 66.6 Å². The van der Waals surface area contributed by atoms with E-state index in [2.05, 4.69) is 39.0 Å². The number of rotatable bonds is 9. The van der Waals surface area contributed by atoms with Crippen LogP contribution in [0.15, 0.2) is 91.4 Å². The summed E-state index contributed by atoms with van der Waals surface area (Å²) in [7, 11) is 3.68. The number of phenols is 1. The summed E-state index contributed by atoms with van der Waals surface area (Å²) in [5, 5.41) is 11.6. The highest BCUT2D eigenvalue weighted by molar-refractivity contribution is 6.34. The van der Waals surface area contributed by atoms with Crippen molar-refractivity contribution in [1.29, 1.82) is 0 Å². The number of hydrogen-bond donors (Lipinski definition) is 1. The zero-order valence-corrected chi connectivity index (χ0v) is 24.4. The maximum atomic E-state index is 15.0. The predicted molar refractivity (Wildman–Crippen MR) is 167 cm³/mol. The van der Waals surface area contributed by atoms with Crippen molar-refractivity contribution in [3.63, 3.8) is 0 Å². The van der Waals surface area contributed by atoms with Crippen LogP contribution >= 0.6 is 11.6 Å². The molecule has 1 N–H and O–H groups in total. The van der Waals surface area contributed by atoms with Gasteiger partial charge < -0.3 is 14.9 Å². The molecule has 5 rings (SSSR count). The minimum Gasteiger partial charge on any atom is -0.507 e. The van der Waals surface area contributed by atoms with Crippen molar-refractivity contribution in [2.75, 3.05) is 50.1 Å². The summed E-state index contributed by atoms with van der Waals surface area (Å²) in [6.07, 6.45) is 5.65. The van der Waals surface area contributed by atoms with Crippen molar-refractivity contribution >= 4 is 29.5 Å². The van der Waals surface area contributed by atoms with Crippen molar-refractivity contribution < 1.29 is 14.3 Å². The smallest absolute Gasteiger partial charge is 0.218 e. The van der Waals surface area contributed by atoms with Crippen LogP contribution < -0.4 is 9.80 Å². The third-order valence-corrected chi connectivity index (χ3v) is 7.56. The zero-order chi connectivity index (χ0) is 29.6. The van der Waals surface area contributed by atoms with Gasteiger partial charge in [-0.25, -0.2) is 9.37 Å². The molecule has 7 nitrogen and oxygen atoms in total. The molecular formula is C33H33ClFN5O2. The number of piperazine rings is 1. The molecular weight excluding hydrogens is 553 g/mol. The topological polar surface area (TPSA) is 63.2 Å². The number of pyridine rings is 1. The molecule has 3 aromatic carbocycles. The first-order valence-corrected chi connectivity index (χ1v) is 14.1. The molecule has 1 aliphatic heterocycles. The molecule has 4 aromatic rings. The van der Waals surface area contributed by atoms with Crippen LogP contribution in [0.2, 0.25) is 5.02 Å². The molecule has 1 aromatic heterocycles. The van der Waals surface area contributed by atoms with Gasteiger partial charge in [-0.15, -0.1) is 0 Å². The number of aromatic hydroxyl groups is 1. The first kappa shape index (κ1) is 29.1. The Kier molecular flexibility index (Phi) is 9.05. The lowest BCUT2D eigenvalue weighted by Crippen LogP contribution is -2.46. The van der Waals surface area contributed by atoms with E-state index < -0.39 is 5.82 Å². The third kappa shape index (κ3) is 6.73. The molecule has 0 spiro atoms. The van der Waals surface area contributed by atoms with Crippen LogP contribution in [-0.2, 0) is 11.3 Å². The number of aromatic nitrogens is 1. The highest BCUT2D eigenvalue weighted by Crippen LogP contribution is 2.41. The predicted octanol–water partition coefficient (Wildman–Crippen LogP) is 6.23. The van der Waals surface area contributed by atoms with E-state index >= 15 is 0 Å². The third-order valence-electron chi connectivity index (χ3n) is 7.25. The fourth-order valence-corrected chi connectivity index (χ4v) is 5.31. The molecule has 0 saturated carbocycles. The van der Waals surface area contributed by atoms with E-state index in [0.717, 1.165) is 38.5 Å². The van der Waals surface area contributed by atoms with E-state index in [1.807, 2.05) is 26.2 Å². The first-order valence-electron chi connectivity index (χ1n) is 13.7. The molecule has 0 radical (unpaired) electrons. The highest BCUT2D eigenvalue weighted by Gasteiger charge is 2.20. The SMILES string of the molecule is CN(C)/C=C\N(C=O)c1ccc(-c2cc(F)cc(-c3ccnc(N4CCN(Cc5ccccc5)CC4)c3)c2O)cc1Cl. The monoisotopic (exact) mass is 585 g/mol. The Morgan fingerprint density at radius 3 is 2.26 bits per heavy atom. The Labute approximate surface area is 250 Å². The normalized spacial score (nSPS) is 13.9. The minimum absolute atomic E-state index is 0.0650. The van der Waals surface area contributed by atoms with Gasteiger partial charge in [-0.3, -0.25) is 14.6 Å². The van der Waals surface area contributed by atoms with Gasteiger partial charge in [-0.2, -0.15) is 0 Å². The second-order valence-corrected chi connectivity index (χ2v) is 10.8. The van der Waals surface area contributed by atoms with Crippen LogP contribution in [0.4, 0.5) is 15.9 Å². The summed E-state index contributed by atoms with van der Waals surface area (Å²) in [5.74, 6) is 0.225. The van der Waals surface area contributed by atoms with Crippen LogP contribution in [0.1, 0.15) is 5.56 Å². The fourth-order valence-electron chi connectivity index (χ4n) is 5.04. The van der Waals surface area contributed by atoms with Crippen molar-refractivity contribution in [1.82, 2.24) is 14.8 Å². The first-order chi connectivity index (χ1) is 20.3. The molecule has 1 saturated heterocycles. The molecule has 2 heterocycles. The van der Waals surface area contributed by atoms with E-state index in [4.69, 9.17) is 11.6 Å². The summed E-state index contributed by atoms with van der Waals surface area (Å²) in [6, 6.07) is 21.7. The van der Waals surface area contributed by atoms with Gasteiger partial charge in [0.1, 0.15) is 17.4 Å². The van der Waals surface area contributed by atoms with E-state index in [-0.39, 0.29) is 10.8 Å². The molecule has 0 unspecified atom stereocenters. The second-order valence-electron chi connectivity index (χ2n) is 10.4. The van der Waals surface area contributed by atoms with Gasteiger partial charge in [0.15, 0.2) is 0 Å². The summed E-state index contributed by atoms with van der Waals surface area (Å²) in [6.45, 7) is 4.35. The van der Waals surface area contributed by atoms with Gasteiger partial charge in [0.2, 0.25) is 6.41 Å². The molecule has 1 amide bonds. The summed E-state index contributed by atoms with van der Waals surface area (Å²) in [4.78, 5) is 24.0. The van der Waals surface area contributed by atoms with E-state index in [0.29, 0.717) is 34.4 Å². The quantitative estimate of drug-likeness (QED) is 0.235. The summed E-state index contributed by atoms with van der Waals surface area (Å²) in [5.41, 5.74) is 3.60. The molecule has 42 heavy (non-hydrogen) atoms. The van der Waals surface area contributed by atoms with Gasteiger partial charge in [-0.1, -0.05) is 48.0 Å². The number of hydrogen-bond acceptors (Lipinski definition) is 6. The minimum atomic E-state index is -0.491. The lowest BCUT2D eigenvalue weighted by Gasteiger charge is -2.35. The van der Waals surface area contributed by atoms with E-state index in [1.54, 1.807) is 47.8 Å².